The Morgan fingerprint density at radius 1 is 0.377 bits per heavy atom. The van der Waals surface area contributed by atoms with Crippen molar-refractivity contribution in [1.29, 1.82) is 0 Å². The molecule has 2 heteroatoms. The Morgan fingerprint density at radius 2 is 0.962 bits per heavy atom. The van der Waals surface area contributed by atoms with Crippen LogP contribution in [0.25, 0.3) is 66.4 Å². The molecule has 10 rings (SSSR count). The van der Waals surface area contributed by atoms with Gasteiger partial charge in [-0.3, -0.25) is 0 Å². The van der Waals surface area contributed by atoms with Crippen LogP contribution in [0.5, 0.6) is 0 Å². The van der Waals surface area contributed by atoms with Crippen molar-refractivity contribution in [3.63, 3.8) is 0 Å². The van der Waals surface area contributed by atoms with Gasteiger partial charge in [-0.2, -0.15) is 0 Å². The lowest BCUT2D eigenvalue weighted by atomic mass is 9.82. The average Bonchev–Trinajstić information content (AvgIpc) is 3.70. The van der Waals surface area contributed by atoms with Gasteiger partial charge < -0.3 is 9.32 Å². The fourth-order valence-corrected chi connectivity index (χ4v) is 8.47. The number of hydrogen-bond donors (Lipinski definition) is 0. The number of rotatable bonds is 6. The highest BCUT2D eigenvalue weighted by Gasteiger charge is 2.35. The monoisotopic (exact) mass is 679 g/mol. The molecular weight excluding hydrogens is 643 g/mol. The molecule has 9 aromatic rings. The van der Waals surface area contributed by atoms with Gasteiger partial charge in [0.1, 0.15) is 11.2 Å². The summed E-state index contributed by atoms with van der Waals surface area (Å²) in [6, 6.07) is 67.9. The minimum absolute atomic E-state index is 0.0251. The van der Waals surface area contributed by atoms with Crippen molar-refractivity contribution >= 4 is 39.0 Å². The fourth-order valence-electron chi connectivity index (χ4n) is 8.47. The second-order valence-corrected chi connectivity index (χ2v) is 14.5. The van der Waals surface area contributed by atoms with E-state index in [2.05, 4.69) is 195 Å². The number of furan rings is 1. The fraction of sp³-hybridized carbons (Fsp3) is 0.0588. The Labute approximate surface area is 310 Å². The van der Waals surface area contributed by atoms with E-state index in [1.54, 1.807) is 0 Å². The summed E-state index contributed by atoms with van der Waals surface area (Å²) in [7, 11) is 0. The van der Waals surface area contributed by atoms with Gasteiger partial charge in [0.15, 0.2) is 0 Å². The molecule has 0 unspecified atom stereocenters. The first-order valence-corrected chi connectivity index (χ1v) is 18.3. The lowest BCUT2D eigenvalue weighted by molar-refractivity contribution is 0.660. The van der Waals surface area contributed by atoms with Crippen molar-refractivity contribution in [1.82, 2.24) is 0 Å². The Balaban J connectivity index is 1.08. The van der Waals surface area contributed by atoms with E-state index >= 15 is 0 Å². The molecule has 0 aliphatic heterocycles. The Kier molecular flexibility index (Phi) is 7.19. The van der Waals surface area contributed by atoms with Gasteiger partial charge in [-0.05, 0) is 105 Å². The Morgan fingerprint density at radius 3 is 1.79 bits per heavy atom. The van der Waals surface area contributed by atoms with Gasteiger partial charge in [0.2, 0.25) is 0 Å². The van der Waals surface area contributed by atoms with Gasteiger partial charge in [-0.15, -0.1) is 0 Å². The highest BCUT2D eigenvalue weighted by Crippen LogP contribution is 2.50. The minimum Gasteiger partial charge on any atom is -0.456 e. The van der Waals surface area contributed by atoms with Gasteiger partial charge in [0, 0.05) is 33.1 Å². The van der Waals surface area contributed by atoms with Crippen LogP contribution in [0.4, 0.5) is 17.1 Å². The van der Waals surface area contributed by atoms with E-state index in [1.807, 2.05) is 12.1 Å². The van der Waals surface area contributed by atoms with Crippen molar-refractivity contribution in [3.05, 3.63) is 199 Å². The normalized spacial score (nSPS) is 12.9. The molecule has 0 amide bonds. The van der Waals surface area contributed by atoms with E-state index in [0.717, 1.165) is 50.1 Å². The zero-order chi connectivity index (χ0) is 35.5. The summed E-state index contributed by atoms with van der Waals surface area (Å²) >= 11 is 0. The number of fused-ring (bicyclic) bond motifs is 6. The maximum Gasteiger partial charge on any atom is 0.135 e. The molecule has 2 nitrogen and oxygen atoms in total. The summed E-state index contributed by atoms with van der Waals surface area (Å²) in [5.74, 6) is 0. The first-order valence-electron chi connectivity index (χ1n) is 18.3. The third-order valence-corrected chi connectivity index (χ3v) is 11.1. The standard InChI is InChI=1S/C51H37NO/c1-51(2)46-21-11-8-18-41(46)44-33-36(26-30-47(44)51)39-16-6-7-17-40(39)42-19-9-12-22-48(42)52(37-14-4-3-5-15-37)38-28-24-34(25-29-38)35-27-31-50-45(32-35)43-20-10-13-23-49(43)53-50/h3-33H,1-2H3. The van der Waals surface area contributed by atoms with Crippen LogP contribution in [-0.2, 0) is 5.41 Å². The minimum atomic E-state index is -0.0251. The molecule has 1 aliphatic rings. The molecule has 0 saturated carbocycles. The predicted molar refractivity (Wildman–Crippen MR) is 222 cm³/mol. The second-order valence-electron chi connectivity index (χ2n) is 14.5. The van der Waals surface area contributed by atoms with E-state index in [1.165, 1.54) is 44.5 Å². The molecule has 0 atom stereocenters. The average molecular weight is 680 g/mol. The van der Waals surface area contributed by atoms with Gasteiger partial charge >= 0.3 is 0 Å². The SMILES string of the molecule is CC1(C)c2ccccc2-c2cc(-c3ccccc3-c3ccccc3N(c3ccccc3)c3ccc(-c4ccc5oc6ccccc6c5c4)cc3)ccc21. The molecule has 0 saturated heterocycles. The molecule has 0 fully saturated rings. The van der Waals surface area contributed by atoms with Crippen LogP contribution in [0.1, 0.15) is 25.0 Å². The summed E-state index contributed by atoms with van der Waals surface area (Å²) in [6.07, 6.45) is 0. The van der Waals surface area contributed by atoms with E-state index in [-0.39, 0.29) is 5.41 Å². The number of para-hydroxylation sites is 3. The summed E-state index contributed by atoms with van der Waals surface area (Å²) in [5.41, 5.74) is 17.7. The first-order chi connectivity index (χ1) is 26.0. The van der Waals surface area contributed by atoms with Crippen LogP contribution < -0.4 is 4.90 Å². The zero-order valence-corrected chi connectivity index (χ0v) is 29.8. The molecular formula is C51H37NO. The molecule has 0 N–H and O–H groups in total. The third-order valence-electron chi connectivity index (χ3n) is 11.1. The van der Waals surface area contributed by atoms with Crippen molar-refractivity contribution < 1.29 is 4.42 Å². The number of hydrogen-bond acceptors (Lipinski definition) is 2. The predicted octanol–water partition coefficient (Wildman–Crippen LogP) is 14.4. The summed E-state index contributed by atoms with van der Waals surface area (Å²) in [4.78, 5) is 2.38. The summed E-state index contributed by atoms with van der Waals surface area (Å²) < 4.78 is 6.11. The topological polar surface area (TPSA) is 16.4 Å². The van der Waals surface area contributed by atoms with Gasteiger partial charge in [-0.1, -0.05) is 147 Å². The number of nitrogens with zero attached hydrogens (tertiary/aromatic N) is 1. The molecule has 1 aromatic heterocycles. The molecule has 0 radical (unpaired) electrons. The van der Waals surface area contributed by atoms with Crippen LogP contribution in [-0.4, -0.2) is 0 Å². The zero-order valence-electron chi connectivity index (χ0n) is 29.8. The summed E-state index contributed by atoms with van der Waals surface area (Å²) in [6.45, 7) is 4.68. The van der Waals surface area contributed by atoms with E-state index in [9.17, 15) is 0 Å². The molecule has 1 aliphatic carbocycles. The Bertz CT molecular complexity index is 2810. The van der Waals surface area contributed by atoms with Crippen LogP contribution >= 0.6 is 0 Å². The number of benzene rings is 8. The van der Waals surface area contributed by atoms with Crippen LogP contribution in [0.15, 0.2) is 192 Å². The van der Waals surface area contributed by atoms with Crippen molar-refractivity contribution in [2.75, 3.05) is 4.90 Å². The first kappa shape index (κ1) is 31.1. The van der Waals surface area contributed by atoms with Gasteiger partial charge in [0.05, 0.1) is 5.69 Å². The van der Waals surface area contributed by atoms with Crippen LogP contribution in [0.3, 0.4) is 0 Å². The van der Waals surface area contributed by atoms with Gasteiger partial charge in [-0.25, -0.2) is 0 Å². The van der Waals surface area contributed by atoms with E-state index < -0.39 is 0 Å². The maximum absolute atomic E-state index is 6.11. The molecule has 0 bridgehead atoms. The lowest BCUT2D eigenvalue weighted by Crippen LogP contribution is -2.14. The van der Waals surface area contributed by atoms with Crippen LogP contribution in [0.2, 0.25) is 0 Å². The molecule has 252 valence electrons. The largest absolute Gasteiger partial charge is 0.456 e. The molecule has 53 heavy (non-hydrogen) atoms. The van der Waals surface area contributed by atoms with E-state index in [0.29, 0.717) is 0 Å². The van der Waals surface area contributed by atoms with Gasteiger partial charge in [0.25, 0.3) is 0 Å². The molecule has 0 spiro atoms. The smallest absolute Gasteiger partial charge is 0.135 e. The second kappa shape index (κ2) is 12.3. The third kappa shape index (κ3) is 5.10. The highest BCUT2D eigenvalue weighted by atomic mass is 16.3. The Hall–Kier alpha value is -6.64. The summed E-state index contributed by atoms with van der Waals surface area (Å²) in [5, 5.41) is 2.28. The van der Waals surface area contributed by atoms with Crippen molar-refractivity contribution in [2.45, 2.75) is 19.3 Å². The van der Waals surface area contributed by atoms with Crippen molar-refractivity contribution in [3.8, 4) is 44.5 Å². The van der Waals surface area contributed by atoms with Crippen molar-refractivity contribution in [2.24, 2.45) is 0 Å². The molecule has 8 aromatic carbocycles. The molecule has 1 heterocycles. The quantitative estimate of drug-likeness (QED) is 0.174. The van der Waals surface area contributed by atoms with Crippen LogP contribution in [0, 0.1) is 0 Å². The lowest BCUT2D eigenvalue weighted by Gasteiger charge is -2.28. The highest BCUT2D eigenvalue weighted by molar-refractivity contribution is 6.06. The maximum atomic E-state index is 6.11. The van der Waals surface area contributed by atoms with E-state index in [4.69, 9.17) is 4.42 Å². The number of anilines is 3.